The molecular formula is C20H26N2O5S. The molecule has 0 aromatic heterocycles. The Morgan fingerprint density at radius 3 is 2.29 bits per heavy atom. The van der Waals surface area contributed by atoms with Gasteiger partial charge in [0.2, 0.25) is 10.0 Å². The van der Waals surface area contributed by atoms with Crippen molar-refractivity contribution < 1.29 is 22.7 Å². The van der Waals surface area contributed by atoms with Crippen molar-refractivity contribution in [3.05, 3.63) is 53.6 Å². The minimum absolute atomic E-state index is 0.215. The first-order valence-corrected chi connectivity index (χ1v) is 10.6. The molecule has 2 aromatic rings. The number of rotatable bonds is 8. The van der Waals surface area contributed by atoms with Crippen molar-refractivity contribution in [1.82, 2.24) is 5.32 Å². The zero-order valence-electron chi connectivity index (χ0n) is 16.7. The maximum atomic E-state index is 12.5. The largest absolute Gasteiger partial charge is 0.497 e. The molecule has 2 rings (SSSR count). The van der Waals surface area contributed by atoms with E-state index >= 15 is 0 Å². The van der Waals surface area contributed by atoms with E-state index in [9.17, 15) is 13.2 Å². The van der Waals surface area contributed by atoms with Gasteiger partial charge in [0.1, 0.15) is 18.1 Å². The van der Waals surface area contributed by atoms with Gasteiger partial charge in [-0.2, -0.15) is 0 Å². The SMILES string of the molecule is COc1ccc(OC[C@H](C)NC(=O)c2ccc(N(C)S(C)(=O)=O)c(C)c2)cc1. The minimum atomic E-state index is -3.36. The van der Waals surface area contributed by atoms with Gasteiger partial charge in [0, 0.05) is 12.6 Å². The van der Waals surface area contributed by atoms with Crippen LogP contribution < -0.4 is 19.1 Å². The molecule has 1 atom stereocenters. The molecular weight excluding hydrogens is 380 g/mol. The summed E-state index contributed by atoms with van der Waals surface area (Å²) >= 11 is 0. The van der Waals surface area contributed by atoms with Gasteiger partial charge in [-0.3, -0.25) is 9.10 Å². The number of nitrogens with zero attached hydrogens (tertiary/aromatic N) is 1. The lowest BCUT2D eigenvalue weighted by Gasteiger charge is -2.20. The van der Waals surface area contributed by atoms with E-state index in [1.54, 1.807) is 56.5 Å². The molecule has 1 amide bonds. The quantitative estimate of drug-likeness (QED) is 0.728. The number of hydrogen-bond acceptors (Lipinski definition) is 5. The predicted molar refractivity (Wildman–Crippen MR) is 110 cm³/mol. The van der Waals surface area contributed by atoms with Crippen LogP contribution >= 0.6 is 0 Å². The molecule has 0 aliphatic rings. The standard InChI is InChI=1S/C20H26N2O5S/c1-14-12-16(6-11-19(14)22(3)28(5,24)25)20(23)21-15(2)13-27-18-9-7-17(26-4)8-10-18/h6-12,15H,13H2,1-5H3,(H,21,23)/t15-/m0/s1. The molecule has 0 radical (unpaired) electrons. The third kappa shape index (κ3) is 5.63. The zero-order valence-corrected chi connectivity index (χ0v) is 17.5. The van der Waals surface area contributed by atoms with E-state index in [1.807, 2.05) is 6.92 Å². The van der Waals surface area contributed by atoms with Crippen LogP contribution in [0.4, 0.5) is 5.69 Å². The monoisotopic (exact) mass is 406 g/mol. The average Bonchev–Trinajstić information content (AvgIpc) is 2.65. The molecule has 0 fully saturated rings. The van der Waals surface area contributed by atoms with Crippen molar-refractivity contribution in [3.8, 4) is 11.5 Å². The van der Waals surface area contributed by atoms with E-state index in [-0.39, 0.29) is 11.9 Å². The van der Waals surface area contributed by atoms with E-state index in [0.717, 1.165) is 12.0 Å². The van der Waals surface area contributed by atoms with E-state index < -0.39 is 10.0 Å². The lowest BCUT2D eigenvalue weighted by molar-refractivity contribution is 0.0926. The molecule has 0 aliphatic carbocycles. The second-order valence-electron chi connectivity index (χ2n) is 6.59. The van der Waals surface area contributed by atoms with E-state index in [1.165, 1.54) is 11.4 Å². The van der Waals surface area contributed by atoms with Crippen molar-refractivity contribution in [2.45, 2.75) is 19.9 Å². The first kappa shape index (κ1) is 21.6. The number of methoxy groups -OCH3 is 1. The van der Waals surface area contributed by atoms with Gasteiger partial charge >= 0.3 is 0 Å². The summed E-state index contributed by atoms with van der Waals surface area (Å²) in [4.78, 5) is 12.5. The number of nitrogens with one attached hydrogen (secondary N) is 1. The van der Waals surface area contributed by atoms with Gasteiger partial charge in [0.15, 0.2) is 0 Å². The number of carbonyl (C=O) groups excluding carboxylic acids is 1. The summed E-state index contributed by atoms with van der Waals surface area (Å²) in [5.41, 5.74) is 1.69. The van der Waals surface area contributed by atoms with Gasteiger partial charge < -0.3 is 14.8 Å². The number of benzene rings is 2. The topological polar surface area (TPSA) is 84.9 Å². The lowest BCUT2D eigenvalue weighted by Crippen LogP contribution is -2.36. The number of hydrogen-bond donors (Lipinski definition) is 1. The fraction of sp³-hybridized carbons (Fsp3) is 0.350. The van der Waals surface area contributed by atoms with Crippen LogP contribution in [0.5, 0.6) is 11.5 Å². The van der Waals surface area contributed by atoms with Crippen molar-refractivity contribution in [2.75, 3.05) is 31.3 Å². The zero-order chi connectivity index (χ0) is 20.9. The maximum absolute atomic E-state index is 12.5. The third-order valence-electron chi connectivity index (χ3n) is 4.23. The Kier molecular flexibility index (Phi) is 6.90. The highest BCUT2D eigenvalue weighted by molar-refractivity contribution is 7.92. The lowest BCUT2D eigenvalue weighted by atomic mass is 10.1. The number of carbonyl (C=O) groups is 1. The molecule has 0 heterocycles. The molecule has 8 heteroatoms. The van der Waals surface area contributed by atoms with Crippen LogP contribution in [0, 0.1) is 6.92 Å². The Morgan fingerprint density at radius 1 is 1.14 bits per heavy atom. The molecule has 1 N–H and O–H groups in total. The second kappa shape index (κ2) is 8.97. The van der Waals surface area contributed by atoms with Gasteiger partial charge in [-0.15, -0.1) is 0 Å². The van der Waals surface area contributed by atoms with Crippen molar-refractivity contribution in [3.63, 3.8) is 0 Å². The summed E-state index contributed by atoms with van der Waals surface area (Å²) in [6.07, 6.45) is 1.14. The fourth-order valence-electron chi connectivity index (χ4n) is 2.57. The molecule has 0 unspecified atom stereocenters. The van der Waals surface area contributed by atoms with Gasteiger partial charge in [-0.25, -0.2) is 8.42 Å². The van der Waals surface area contributed by atoms with Crippen molar-refractivity contribution in [2.24, 2.45) is 0 Å². The third-order valence-corrected chi connectivity index (χ3v) is 5.42. The Morgan fingerprint density at radius 2 is 1.75 bits per heavy atom. The summed E-state index contributed by atoms with van der Waals surface area (Å²) in [6.45, 7) is 3.93. The molecule has 152 valence electrons. The highest BCUT2D eigenvalue weighted by Gasteiger charge is 2.17. The Bertz CT molecular complexity index is 926. The molecule has 0 aliphatic heterocycles. The highest BCUT2D eigenvalue weighted by atomic mass is 32.2. The number of ether oxygens (including phenoxy) is 2. The van der Waals surface area contributed by atoms with Crippen LogP contribution in [0.1, 0.15) is 22.8 Å². The second-order valence-corrected chi connectivity index (χ2v) is 8.61. The molecule has 7 nitrogen and oxygen atoms in total. The van der Waals surface area contributed by atoms with Crippen LogP contribution in [-0.2, 0) is 10.0 Å². The van der Waals surface area contributed by atoms with Crippen LogP contribution in [0.15, 0.2) is 42.5 Å². The number of amides is 1. The summed E-state index contributed by atoms with van der Waals surface area (Å²) < 4.78 is 35.4. The van der Waals surface area contributed by atoms with Crippen LogP contribution in [-0.4, -0.2) is 47.4 Å². The Balaban J connectivity index is 1.96. The summed E-state index contributed by atoms with van der Waals surface area (Å²) in [7, 11) is -0.280. The molecule has 2 aromatic carbocycles. The molecule has 0 saturated heterocycles. The Hall–Kier alpha value is -2.74. The molecule has 0 spiro atoms. The summed E-state index contributed by atoms with van der Waals surface area (Å²) in [5, 5.41) is 2.87. The minimum Gasteiger partial charge on any atom is -0.497 e. The average molecular weight is 407 g/mol. The van der Waals surface area contributed by atoms with E-state index in [4.69, 9.17) is 9.47 Å². The van der Waals surface area contributed by atoms with Gasteiger partial charge in [0.25, 0.3) is 5.91 Å². The Labute approximate surface area is 166 Å². The van der Waals surface area contributed by atoms with E-state index in [0.29, 0.717) is 29.2 Å². The molecule has 0 saturated carbocycles. The van der Waals surface area contributed by atoms with Crippen LogP contribution in [0.25, 0.3) is 0 Å². The highest BCUT2D eigenvalue weighted by Crippen LogP contribution is 2.22. The fourth-order valence-corrected chi connectivity index (χ4v) is 3.13. The van der Waals surface area contributed by atoms with Gasteiger partial charge in [-0.05, 0) is 61.9 Å². The number of aryl methyl sites for hydroxylation is 1. The van der Waals surface area contributed by atoms with Crippen LogP contribution in [0.2, 0.25) is 0 Å². The molecule has 0 bridgehead atoms. The number of sulfonamides is 1. The normalized spacial score (nSPS) is 12.2. The van der Waals surface area contributed by atoms with Crippen molar-refractivity contribution in [1.29, 1.82) is 0 Å². The number of anilines is 1. The van der Waals surface area contributed by atoms with Gasteiger partial charge in [-0.1, -0.05) is 0 Å². The van der Waals surface area contributed by atoms with E-state index in [2.05, 4.69) is 5.32 Å². The molecule has 28 heavy (non-hydrogen) atoms. The van der Waals surface area contributed by atoms with Crippen LogP contribution in [0.3, 0.4) is 0 Å². The first-order valence-electron chi connectivity index (χ1n) is 8.74. The first-order chi connectivity index (χ1) is 13.1. The van der Waals surface area contributed by atoms with Gasteiger partial charge in [0.05, 0.1) is 25.1 Å². The van der Waals surface area contributed by atoms with Crippen molar-refractivity contribution >= 4 is 21.6 Å². The summed E-state index contributed by atoms with van der Waals surface area (Å²) in [6, 6.07) is 11.9. The smallest absolute Gasteiger partial charge is 0.251 e. The maximum Gasteiger partial charge on any atom is 0.251 e. The summed E-state index contributed by atoms with van der Waals surface area (Å²) in [5.74, 6) is 1.18. The predicted octanol–water partition coefficient (Wildman–Crippen LogP) is 2.60.